The van der Waals surface area contributed by atoms with Gasteiger partial charge >= 0.3 is 0 Å². The molecule has 0 atom stereocenters. The Morgan fingerprint density at radius 3 is 2.00 bits per heavy atom. The number of fused-ring (bicyclic) bond motifs is 2. The van der Waals surface area contributed by atoms with Crippen LogP contribution in [0.1, 0.15) is 36.5 Å². The molecule has 40 heavy (non-hydrogen) atoms. The van der Waals surface area contributed by atoms with E-state index in [0.29, 0.717) is 11.6 Å². The summed E-state index contributed by atoms with van der Waals surface area (Å²) in [4.78, 5) is 13.2. The van der Waals surface area contributed by atoms with Crippen LogP contribution in [0.5, 0.6) is 0 Å². The van der Waals surface area contributed by atoms with Gasteiger partial charge in [0.1, 0.15) is 6.54 Å². The highest BCUT2D eigenvalue weighted by atomic mass is 32.2. The van der Waals surface area contributed by atoms with Gasteiger partial charge in [0.25, 0.3) is 15.9 Å². The molecular weight excluding hydrogens is 518 g/mol. The van der Waals surface area contributed by atoms with E-state index in [4.69, 9.17) is 0 Å². The number of nitrogens with one attached hydrogen (secondary N) is 1. The second-order valence-corrected chi connectivity index (χ2v) is 12.0. The zero-order valence-corrected chi connectivity index (χ0v) is 23.5. The first kappa shape index (κ1) is 27.1. The second kappa shape index (κ2) is 11.3. The van der Waals surface area contributed by atoms with Crippen LogP contribution >= 0.6 is 0 Å². The summed E-state index contributed by atoms with van der Waals surface area (Å²) in [6, 6.07) is 32.0. The quantitative estimate of drug-likeness (QED) is 0.132. The van der Waals surface area contributed by atoms with Gasteiger partial charge in [0.05, 0.1) is 16.8 Å². The summed E-state index contributed by atoms with van der Waals surface area (Å²) in [5.41, 5.74) is 5.85. The van der Waals surface area contributed by atoms with Gasteiger partial charge in [-0.25, -0.2) is 13.8 Å². The molecule has 1 N–H and O–H groups in total. The predicted molar refractivity (Wildman–Crippen MR) is 163 cm³/mol. The molecule has 0 heterocycles. The largest absolute Gasteiger partial charge is 0.271 e. The van der Waals surface area contributed by atoms with E-state index in [9.17, 15) is 13.2 Å². The molecule has 5 aromatic rings. The molecule has 0 saturated carbocycles. The number of hydrogen-bond acceptors (Lipinski definition) is 4. The average molecular weight is 550 g/mol. The minimum Gasteiger partial charge on any atom is -0.271 e. The number of benzene rings is 5. The molecule has 0 aliphatic heterocycles. The van der Waals surface area contributed by atoms with Crippen LogP contribution in [0.3, 0.4) is 0 Å². The molecule has 0 spiro atoms. The van der Waals surface area contributed by atoms with Gasteiger partial charge in [0, 0.05) is 5.56 Å². The number of hydrogen-bond donors (Lipinski definition) is 1. The Kier molecular flexibility index (Phi) is 7.67. The molecule has 1 amide bonds. The van der Waals surface area contributed by atoms with Crippen molar-refractivity contribution in [3.63, 3.8) is 0 Å². The maximum absolute atomic E-state index is 13.7. The Morgan fingerprint density at radius 1 is 0.850 bits per heavy atom. The Morgan fingerprint density at radius 2 is 1.43 bits per heavy atom. The molecule has 5 aromatic carbocycles. The summed E-state index contributed by atoms with van der Waals surface area (Å²) < 4.78 is 28.5. The number of carbonyl (C=O) groups excluding carboxylic acids is 1. The maximum atomic E-state index is 13.7. The number of anilines is 1. The van der Waals surface area contributed by atoms with E-state index >= 15 is 0 Å². The summed E-state index contributed by atoms with van der Waals surface area (Å²) in [5, 5.41) is 8.39. The van der Waals surface area contributed by atoms with Crippen molar-refractivity contribution in [2.24, 2.45) is 5.10 Å². The first-order chi connectivity index (χ1) is 19.2. The SMILES string of the molecule is Cc1ccc(S(=O)(=O)N(CC(=O)NN=Cc2c3ccccc3cc3ccccc23)c2ccc(C(C)C)cc2)cc1. The highest BCUT2D eigenvalue weighted by Crippen LogP contribution is 2.28. The molecule has 0 aromatic heterocycles. The van der Waals surface area contributed by atoms with E-state index in [1.165, 1.54) is 0 Å². The van der Waals surface area contributed by atoms with Crippen molar-refractivity contribution in [3.8, 4) is 0 Å². The zero-order valence-electron chi connectivity index (χ0n) is 22.7. The second-order valence-electron chi connectivity index (χ2n) is 10.1. The lowest BCUT2D eigenvalue weighted by Crippen LogP contribution is -2.39. The molecule has 0 aliphatic carbocycles. The van der Waals surface area contributed by atoms with Crippen molar-refractivity contribution in [3.05, 3.63) is 120 Å². The number of amides is 1. The van der Waals surface area contributed by atoms with Gasteiger partial charge in [-0.05, 0) is 70.3 Å². The summed E-state index contributed by atoms with van der Waals surface area (Å²) in [6.07, 6.45) is 1.62. The van der Waals surface area contributed by atoms with Crippen molar-refractivity contribution >= 4 is 49.4 Å². The summed E-state index contributed by atoms with van der Waals surface area (Å²) in [5.74, 6) is -0.261. The van der Waals surface area contributed by atoms with Crippen LogP contribution in [0.15, 0.2) is 113 Å². The van der Waals surface area contributed by atoms with Crippen LogP contribution in [0.25, 0.3) is 21.5 Å². The lowest BCUT2D eigenvalue weighted by Gasteiger charge is -2.24. The minimum absolute atomic E-state index is 0.115. The number of rotatable bonds is 8. The highest BCUT2D eigenvalue weighted by molar-refractivity contribution is 7.92. The van der Waals surface area contributed by atoms with Gasteiger partial charge in [-0.15, -0.1) is 0 Å². The van der Waals surface area contributed by atoms with Crippen molar-refractivity contribution in [2.75, 3.05) is 10.8 Å². The number of carbonyl (C=O) groups is 1. The molecule has 0 unspecified atom stereocenters. The highest BCUT2D eigenvalue weighted by Gasteiger charge is 2.27. The Balaban J connectivity index is 1.44. The van der Waals surface area contributed by atoms with Crippen molar-refractivity contribution in [1.82, 2.24) is 5.43 Å². The molecule has 6 nitrogen and oxygen atoms in total. The Labute approximate surface area is 235 Å². The average Bonchev–Trinajstić information content (AvgIpc) is 2.95. The lowest BCUT2D eigenvalue weighted by molar-refractivity contribution is -0.119. The molecule has 0 aliphatic rings. The van der Waals surface area contributed by atoms with Crippen molar-refractivity contribution in [2.45, 2.75) is 31.6 Å². The molecule has 0 saturated heterocycles. The minimum atomic E-state index is -4.01. The third-order valence-electron chi connectivity index (χ3n) is 6.94. The molecule has 7 heteroatoms. The lowest BCUT2D eigenvalue weighted by atomic mass is 9.97. The van der Waals surface area contributed by atoms with E-state index in [0.717, 1.165) is 42.5 Å². The summed E-state index contributed by atoms with van der Waals surface area (Å²) in [6.45, 7) is 5.61. The van der Waals surface area contributed by atoms with E-state index in [-0.39, 0.29) is 4.90 Å². The zero-order chi connectivity index (χ0) is 28.3. The van der Waals surface area contributed by atoms with E-state index in [2.05, 4.69) is 30.4 Å². The predicted octanol–water partition coefficient (Wildman–Crippen LogP) is 6.77. The van der Waals surface area contributed by atoms with Gasteiger partial charge in [-0.2, -0.15) is 5.10 Å². The van der Waals surface area contributed by atoms with Crippen LogP contribution in [-0.2, 0) is 14.8 Å². The molecule has 0 fully saturated rings. The third-order valence-corrected chi connectivity index (χ3v) is 8.73. The van der Waals surface area contributed by atoms with Gasteiger partial charge in [0.2, 0.25) is 0 Å². The molecule has 0 bridgehead atoms. The number of nitrogens with zero attached hydrogens (tertiary/aromatic N) is 2. The van der Waals surface area contributed by atoms with Crippen LogP contribution in [-0.4, -0.2) is 27.1 Å². The summed E-state index contributed by atoms with van der Waals surface area (Å²) >= 11 is 0. The fourth-order valence-electron chi connectivity index (χ4n) is 4.70. The fraction of sp³-hybridized carbons (Fsp3) is 0.152. The Bertz CT molecular complexity index is 1760. The first-order valence-corrected chi connectivity index (χ1v) is 14.6. The van der Waals surface area contributed by atoms with Gasteiger partial charge in [-0.1, -0.05) is 92.2 Å². The molecule has 5 rings (SSSR count). The maximum Gasteiger partial charge on any atom is 0.264 e. The summed E-state index contributed by atoms with van der Waals surface area (Å²) in [7, 11) is -4.01. The van der Waals surface area contributed by atoms with Crippen LogP contribution < -0.4 is 9.73 Å². The van der Waals surface area contributed by atoms with Gasteiger partial charge in [0.15, 0.2) is 0 Å². The first-order valence-electron chi connectivity index (χ1n) is 13.2. The van der Waals surface area contributed by atoms with Gasteiger partial charge < -0.3 is 0 Å². The van der Waals surface area contributed by atoms with Crippen molar-refractivity contribution < 1.29 is 13.2 Å². The number of hydrazone groups is 1. The molecular formula is C33H31N3O3S. The van der Waals surface area contributed by atoms with Crippen LogP contribution in [0.4, 0.5) is 5.69 Å². The standard InChI is InChI=1S/C33H31N3O3S/c1-23(2)25-14-16-28(17-15-25)36(40(38,39)29-18-12-24(3)13-19-29)22-33(37)35-34-21-32-30-10-6-4-8-26(30)20-27-9-5-7-11-31(27)32/h4-21,23H,22H2,1-3H3,(H,35,37). The normalized spacial score (nSPS) is 11.9. The van der Waals surface area contributed by atoms with Crippen molar-refractivity contribution in [1.29, 1.82) is 0 Å². The van der Waals surface area contributed by atoms with E-state index in [1.807, 2.05) is 67.6 Å². The van der Waals surface area contributed by atoms with E-state index in [1.54, 1.807) is 42.6 Å². The third kappa shape index (κ3) is 5.60. The smallest absolute Gasteiger partial charge is 0.264 e. The number of sulfonamides is 1. The monoisotopic (exact) mass is 549 g/mol. The van der Waals surface area contributed by atoms with Gasteiger partial charge in [-0.3, -0.25) is 9.10 Å². The molecule has 0 radical (unpaired) electrons. The fourth-order valence-corrected chi connectivity index (χ4v) is 6.12. The Hall–Kier alpha value is -4.49. The number of aryl methyl sites for hydroxylation is 1. The molecule has 202 valence electrons. The van der Waals surface area contributed by atoms with Crippen LogP contribution in [0, 0.1) is 6.92 Å². The van der Waals surface area contributed by atoms with Crippen LogP contribution in [0.2, 0.25) is 0 Å². The topological polar surface area (TPSA) is 78.8 Å². The van der Waals surface area contributed by atoms with E-state index < -0.39 is 22.5 Å².